The molecule has 0 radical (unpaired) electrons. The first-order chi connectivity index (χ1) is 39.3. The maximum atomic E-state index is 2.90. The van der Waals surface area contributed by atoms with Crippen LogP contribution >= 0.6 is 0 Å². The van der Waals surface area contributed by atoms with Crippen molar-refractivity contribution < 1.29 is 0 Å². The van der Waals surface area contributed by atoms with E-state index in [4.69, 9.17) is 0 Å². The molecule has 0 saturated carbocycles. The number of hydrogen-bond acceptors (Lipinski definition) is 2. The summed E-state index contributed by atoms with van der Waals surface area (Å²) in [5.74, 6) is 0. The van der Waals surface area contributed by atoms with Gasteiger partial charge in [-0.15, -0.1) is 0 Å². The minimum atomic E-state index is -1.85. The van der Waals surface area contributed by atoms with E-state index in [-0.39, 0.29) is 5.41 Å². The highest BCUT2D eigenvalue weighted by molar-refractivity contribution is 6.93. The van der Waals surface area contributed by atoms with E-state index in [1.165, 1.54) is 163 Å². The zero-order valence-electron chi connectivity index (χ0n) is 55.7. The van der Waals surface area contributed by atoms with Gasteiger partial charge in [0.05, 0.1) is 62.0 Å². The second-order valence-electron chi connectivity index (χ2n) is 26.3. The van der Waals surface area contributed by atoms with Crippen LogP contribution in [-0.2, 0) is 5.41 Å². The Bertz CT molecular complexity index is 3130. The van der Waals surface area contributed by atoms with Gasteiger partial charge >= 0.3 is 0 Å². The largest absolute Gasteiger partial charge is 0.309 e. The Balaban J connectivity index is 1.81. The third kappa shape index (κ3) is 12.8. The molecule has 8 heteroatoms. The van der Waals surface area contributed by atoms with Crippen LogP contribution in [0.2, 0.25) is 90.7 Å². The summed E-state index contributed by atoms with van der Waals surface area (Å²) >= 11 is 0. The lowest BCUT2D eigenvalue weighted by Gasteiger charge is -2.37. The number of rotatable bonds is 27. The molecule has 0 N–H and O–H groups in total. The molecule has 0 aliphatic carbocycles. The van der Waals surface area contributed by atoms with Crippen molar-refractivity contribution in [2.24, 2.45) is 0 Å². The summed E-state index contributed by atoms with van der Waals surface area (Å²) in [7, 11) is -9.26. The van der Waals surface area contributed by atoms with Crippen molar-refractivity contribution in [2.45, 2.75) is 235 Å². The SMILES string of the molecule is CC[SiH](CC)c1cc(N(c2cc([SiH](CC)CC)cc([Si](CC)(CC)CC)c2)c2c3ccccc3c(N(c3cc(C)cc([Si](CC)(CC)CC)c3)c3cc(C)cc([Si](CC)(CC)CC)c3)c3ccc(C(C)(C)C)cc23)cc([SiH](CC)CC)c1. The number of fused-ring (bicyclic) bond motifs is 2. The molecule has 7 rings (SSSR count). The van der Waals surface area contributed by atoms with Crippen molar-refractivity contribution in [1.29, 1.82) is 0 Å². The first-order valence-corrected chi connectivity index (χ1v) is 47.9. The second kappa shape index (κ2) is 28.0. The Morgan fingerprint density at radius 3 is 0.976 bits per heavy atom. The molecule has 0 spiro atoms. The molecule has 82 heavy (non-hydrogen) atoms. The van der Waals surface area contributed by atoms with Crippen molar-refractivity contribution in [1.82, 2.24) is 0 Å². The monoisotopic (exact) mass is 1200 g/mol. The molecule has 0 fully saturated rings. The van der Waals surface area contributed by atoms with Gasteiger partial charge in [0, 0.05) is 44.3 Å². The minimum Gasteiger partial charge on any atom is -0.309 e. The number of benzene rings is 7. The lowest BCUT2D eigenvalue weighted by atomic mass is 9.84. The maximum Gasteiger partial charge on any atom is 0.0860 e. The van der Waals surface area contributed by atoms with Crippen LogP contribution in [0.5, 0.6) is 0 Å². The van der Waals surface area contributed by atoms with E-state index in [1.807, 2.05) is 0 Å². The van der Waals surface area contributed by atoms with Crippen LogP contribution in [0.3, 0.4) is 0 Å². The molecule has 0 unspecified atom stereocenters. The van der Waals surface area contributed by atoms with Gasteiger partial charge in [-0.1, -0.05) is 307 Å². The van der Waals surface area contributed by atoms with E-state index >= 15 is 0 Å². The molecule has 442 valence electrons. The Morgan fingerprint density at radius 2 is 0.634 bits per heavy atom. The number of nitrogens with zero attached hydrogens (tertiary/aromatic N) is 2. The molecule has 7 aromatic carbocycles. The van der Waals surface area contributed by atoms with Crippen molar-refractivity contribution in [3.05, 3.63) is 132 Å². The van der Waals surface area contributed by atoms with Gasteiger partial charge in [0.1, 0.15) is 0 Å². The Labute approximate surface area is 510 Å². The van der Waals surface area contributed by atoms with Crippen molar-refractivity contribution in [3.63, 3.8) is 0 Å². The summed E-state index contributed by atoms with van der Waals surface area (Å²) in [4.78, 5) is 5.69. The van der Waals surface area contributed by atoms with Crippen LogP contribution in [0.1, 0.15) is 141 Å². The normalized spacial score (nSPS) is 12.7. The number of hydrogen-bond donors (Lipinski definition) is 0. The summed E-state index contributed by atoms with van der Waals surface area (Å²) in [6.45, 7) is 49.4. The molecule has 0 aliphatic rings. The van der Waals surface area contributed by atoms with Gasteiger partial charge in [0.15, 0.2) is 0 Å². The molecule has 0 bridgehead atoms. The summed E-state index contributed by atoms with van der Waals surface area (Å²) in [6.07, 6.45) is 0. The molecular formula is C74H112N2Si6. The molecule has 2 nitrogen and oxygen atoms in total. The lowest BCUT2D eigenvalue weighted by molar-refractivity contribution is 0.591. The van der Waals surface area contributed by atoms with E-state index in [0.717, 1.165) is 0 Å². The topological polar surface area (TPSA) is 6.48 Å². The molecule has 0 aliphatic heterocycles. The van der Waals surface area contributed by atoms with Crippen LogP contribution in [0.15, 0.2) is 115 Å². The van der Waals surface area contributed by atoms with Crippen LogP contribution < -0.4 is 40.9 Å². The van der Waals surface area contributed by atoms with E-state index in [0.29, 0.717) is 0 Å². The van der Waals surface area contributed by atoms with Crippen molar-refractivity contribution in [2.75, 3.05) is 9.80 Å². The first kappa shape index (κ1) is 65.5. The van der Waals surface area contributed by atoms with Crippen molar-refractivity contribution in [3.8, 4) is 0 Å². The van der Waals surface area contributed by atoms with E-state index in [1.54, 1.807) is 31.1 Å². The average molecular weight is 1200 g/mol. The van der Waals surface area contributed by atoms with Crippen LogP contribution in [0.25, 0.3) is 21.5 Å². The van der Waals surface area contributed by atoms with Gasteiger partial charge in [-0.3, -0.25) is 0 Å². The number of aryl methyl sites for hydroxylation is 2. The quantitative estimate of drug-likeness (QED) is 0.0288. The smallest absolute Gasteiger partial charge is 0.0860 e. The minimum absolute atomic E-state index is 0.0700. The molecule has 0 amide bonds. The lowest BCUT2D eigenvalue weighted by Crippen LogP contribution is -2.48. The Kier molecular flexibility index (Phi) is 22.4. The highest BCUT2D eigenvalue weighted by atomic mass is 28.3. The molecule has 7 aromatic rings. The molecular weight excluding hydrogens is 1090 g/mol. The van der Waals surface area contributed by atoms with Crippen LogP contribution in [0, 0.1) is 13.8 Å². The van der Waals surface area contributed by atoms with E-state index < -0.39 is 50.6 Å². The van der Waals surface area contributed by atoms with Crippen molar-refractivity contribution >= 4 is 137 Å². The summed E-state index contributed by atoms with van der Waals surface area (Å²) in [5.41, 5.74) is 12.1. The first-order valence-electron chi connectivity index (χ1n) is 33.4. The zero-order chi connectivity index (χ0) is 59.9. The van der Waals surface area contributed by atoms with Gasteiger partial charge in [-0.2, -0.15) is 0 Å². The third-order valence-electron chi connectivity index (χ3n) is 21.6. The van der Waals surface area contributed by atoms with E-state index in [2.05, 4.69) is 264 Å². The highest BCUT2D eigenvalue weighted by Gasteiger charge is 2.36. The van der Waals surface area contributed by atoms with Crippen LogP contribution in [0.4, 0.5) is 34.1 Å². The van der Waals surface area contributed by atoms with Gasteiger partial charge in [0.25, 0.3) is 0 Å². The standard InChI is InChI=1S/C74H112N2Si6/c1-21-77(22-2)62-47-60(48-63(53-62)78(23-3)24-4)76(61-49-64(79(25-5)26-6)54-67(52-61)82(33-13,34-14)35-15)73-69-39-37-36-38-68(69)72(70-41-40-57(46-71(70)73)74(18,19)20)75(58-42-55(16)44-65(50-58)80(27-7,28-8)29-9)59-43-56(17)45-66(51-59)81(30-10,31-11)32-12/h36-54,77-79H,21-35H2,1-20H3. The number of anilines is 6. The predicted octanol–water partition coefficient (Wildman–Crippen LogP) is 19.4. The Hall–Kier alpha value is -4.04. The molecule has 0 aromatic heterocycles. The molecule has 0 heterocycles. The highest BCUT2D eigenvalue weighted by Crippen LogP contribution is 2.52. The molecule has 0 atom stereocenters. The zero-order valence-corrected chi connectivity index (χ0v) is 62.2. The third-order valence-corrected chi connectivity index (χ3v) is 48.1. The fraction of sp³-hybridized carbons (Fsp3) is 0.486. The van der Waals surface area contributed by atoms with Gasteiger partial charge in [-0.25, -0.2) is 0 Å². The van der Waals surface area contributed by atoms with E-state index in [9.17, 15) is 0 Å². The van der Waals surface area contributed by atoms with Gasteiger partial charge in [-0.05, 0) is 90.6 Å². The fourth-order valence-corrected chi connectivity index (χ4v) is 33.7. The summed E-state index contributed by atoms with van der Waals surface area (Å²) in [6, 6.07) is 68.7. The van der Waals surface area contributed by atoms with Gasteiger partial charge in [0.2, 0.25) is 0 Å². The fourth-order valence-electron chi connectivity index (χ4n) is 15.2. The van der Waals surface area contributed by atoms with Crippen LogP contribution in [-0.4, -0.2) is 50.6 Å². The maximum absolute atomic E-state index is 2.90. The molecule has 0 saturated heterocycles. The second-order valence-corrected chi connectivity index (χ2v) is 53.1. The Morgan fingerprint density at radius 1 is 0.329 bits per heavy atom. The summed E-state index contributed by atoms with van der Waals surface area (Å²) < 4.78 is 0. The summed E-state index contributed by atoms with van der Waals surface area (Å²) in [5, 5.41) is 15.3. The average Bonchev–Trinajstić information content (AvgIpc) is 2.79. The predicted molar refractivity (Wildman–Crippen MR) is 393 cm³/mol. The van der Waals surface area contributed by atoms with Gasteiger partial charge < -0.3 is 9.80 Å².